The van der Waals surface area contributed by atoms with Gasteiger partial charge in [0.1, 0.15) is 5.69 Å². The summed E-state index contributed by atoms with van der Waals surface area (Å²) in [6, 6.07) is 2.37. The van der Waals surface area contributed by atoms with Crippen LogP contribution in [0.4, 0.5) is 5.69 Å². The third-order valence-electron chi connectivity index (χ3n) is 1.74. The van der Waals surface area contributed by atoms with Crippen LogP contribution >= 0.6 is 7.60 Å². The second-order valence-electron chi connectivity index (χ2n) is 2.82. The Balaban J connectivity index is 3.45. The molecule has 1 rings (SSSR count). The molecule has 0 radical (unpaired) electrons. The summed E-state index contributed by atoms with van der Waals surface area (Å²) in [5.74, 6) is -1.64. The molecule has 0 amide bonds. The lowest BCUT2D eigenvalue weighted by atomic mass is 10.2. The van der Waals surface area contributed by atoms with Crippen molar-refractivity contribution in [3.8, 4) is 0 Å². The zero-order valence-electron chi connectivity index (χ0n) is 7.64. The number of nitrogens with zero attached hydrogens (tertiary/aromatic N) is 1. The molecule has 0 aliphatic carbocycles. The Bertz CT molecular complexity index is 466. The molecule has 0 unspecified atom stereocenters. The fourth-order valence-electron chi connectivity index (χ4n) is 1.05. The van der Waals surface area contributed by atoms with Gasteiger partial charge in [-0.05, 0) is 17.7 Å². The molecule has 16 heavy (non-hydrogen) atoms. The lowest BCUT2D eigenvalue weighted by Gasteiger charge is -2.15. The Morgan fingerprint density at radius 1 is 1.31 bits per heavy atom. The maximum Gasteiger partial charge on any atom is 0.358 e. The summed E-state index contributed by atoms with van der Waals surface area (Å²) in [7, 11) is -4.83. The van der Waals surface area contributed by atoms with Crippen LogP contribution in [-0.2, 0) is 4.57 Å². The quantitative estimate of drug-likeness (QED) is 0.371. The van der Waals surface area contributed by atoms with E-state index in [1.54, 1.807) is 0 Å². The first-order chi connectivity index (χ1) is 7.23. The molecular formula is C7H7NO7P-. The zero-order valence-corrected chi connectivity index (χ0v) is 8.53. The number of carboxylic acid groups (broad SMARTS) is 1. The van der Waals surface area contributed by atoms with Crippen LogP contribution in [0.15, 0.2) is 18.2 Å². The van der Waals surface area contributed by atoms with E-state index in [0.717, 1.165) is 12.1 Å². The van der Waals surface area contributed by atoms with Crippen molar-refractivity contribution in [1.82, 2.24) is 0 Å². The summed E-state index contributed by atoms with van der Waals surface area (Å²) in [5, 5.41) is 26.5. The molecule has 0 aromatic heterocycles. The highest BCUT2D eigenvalue weighted by Crippen LogP contribution is 2.37. The van der Waals surface area contributed by atoms with Crippen LogP contribution in [0.2, 0.25) is 0 Å². The monoisotopic (exact) mass is 248 g/mol. The van der Waals surface area contributed by atoms with Gasteiger partial charge in [-0.3, -0.25) is 15.0 Å². The van der Waals surface area contributed by atoms with Crippen molar-refractivity contribution in [3.05, 3.63) is 23.8 Å². The number of rotatable bonds is 3. The van der Waals surface area contributed by atoms with Gasteiger partial charge in [-0.15, -0.1) is 5.23 Å². The molecule has 0 saturated carbocycles. The lowest BCUT2D eigenvalue weighted by Crippen LogP contribution is -2.26. The predicted octanol–water partition coefficient (Wildman–Crippen LogP) is -1.56. The van der Waals surface area contributed by atoms with E-state index in [-0.39, 0.29) is 0 Å². The van der Waals surface area contributed by atoms with Gasteiger partial charge in [-0.1, -0.05) is 6.07 Å². The zero-order chi connectivity index (χ0) is 12.5. The number of aromatic carboxylic acids is 1. The van der Waals surface area contributed by atoms with E-state index in [1.807, 2.05) is 0 Å². The van der Waals surface area contributed by atoms with Gasteiger partial charge in [0, 0.05) is 0 Å². The highest BCUT2D eigenvalue weighted by atomic mass is 31.2. The largest absolute Gasteiger partial charge is 0.545 e. The molecule has 0 heterocycles. The number of benzene rings is 1. The summed E-state index contributed by atoms with van der Waals surface area (Å²) in [6.45, 7) is 0. The summed E-state index contributed by atoms with van der Waals surface area (Å²) < 4.78 is 11.0. The molecule has 9 heteroatoms. The lowest BCUT2D eigenvalue weighted by molar-refractivity contribution is -0.255. The van der Waals surface area contributed by atoms with Crippen molar-refractivity contribution in [2.24, 2.45) is 0 Å². The van der Waals surface area contributed by atoms with Crippen molar-refractivity contribution >= 4 is 24.6 Å². The molecule has 0 bridgehead atoms. The molecular weight excluding hydrogens is 241 g/mol. The maximum absolute atomic E-state index is 11.0. The van der Waals surface area contributed by atoms with Crippen molar-refractivity contribution in [1.29, 1.82) is 0 Å². The minimum Gasteiger partial charge on any atom is -0.545 e. The highest BCUT2D eigenvalue weighted by molar-refractivity contribution is 7.60. The van der Waals surface area contributed by atoms with Crippen LogP contribution in [0.1, 0.15) is 10.4 Å². The van der Waals surface area contributed by atoms with Crippen LogP contribution in [-0.4, -0.2) is 26.2 Å². The number of anilines is 1. The van der Waals surface area contributed by atoms with Gasteiger partial charge in [-0.2, -0.15) is 0 Å². The Morgan fingerprint density at radius 3 is 2.25 bits per heavy atom. The Hall–Kier alpha value is -1.44. The van der Waals surface area contributed by atoms with E-state index >= 15 is 0 Å². The van der Waals surface area contributed by atoms with Crippen LogP contribution in [0.25, 0.3) is 0 Å². The number of hydrogen-bond acceptors (Lipinski definition) is 6. The third kappa shape index (κ3) is 2.57. The van der Waals surface area contributed by atoms with E-state index in [2.05, 4.69) is 0 Å². The van der Waals surface area contributed by atoms with Gasteiger partial charge in [0.2, 0.25) is 0 Å². The molecule has 0 atom stereocenters. The van der Waals surface area contributed by atoms with Crippen LogP contribution in [0.5, 0.6) is 0 Å². The first-order valence-electron chi connectivity index (χ1n) is 3.83. The molecule has 1 aromatic rings. The summed E-state index contributed by atoms with van der Waals surface area (Å²) in [5.41, 5.74) is -1.10. The van der Waals surface area contributed by atoms with Crippen LogP contribution in [0.3, 0.4) is 0 Å². The molecule has 0 spiro atoms. The minimum atomic E-state index is -4.83. The molecule has 0 aliphatic heterocycles. The number of carbonyl (C=O) groups excluding carboxylic acids is 1. The standard InChI is InChI=1S/C7H8NO7P/c9-7(10)4-1-2-5(8(11)12)6(3-4)16(13,14)15/h1-3,11-12H,(H,9,10)(H2,13,14,15)/p-1. The van der Waals surface area contributed by atoms with Gasteiger partial charge >= 0.3 is 7.60 Å². The minimum absolute atomic E-state index is 0.482. The predicted molar refractivity (Wildman–Crippen MR) is 48.5 cm³/mol. The number of carbonyl (C=O) groups is 1. The number of carboxylic acids is 1. The molecule has 88 valence electrons. The first kappa shape index (κ1) is 12.6. The highest BCUT2D eigenvalue weighted by Gasteiger charge is 2.24. The second kappa shape index (κ2) is 4.20. The summed E-state index contributed by atoms with van der Waals surface area (Å²) in [4.78, 5) is 28.2. The summed E-state index contributed by atoms with van der Waals surface area (Å²) >= 11 is 0. The van der Waals surface area contributed by atoms with Gasteiger partial charge in [0.05, 0.1) is 11.3 Å². The van der Waals surface area contributed by atoms with E-state index < -0.39 is 35.3 Å². The second-order valence-corrected chi connectivity index (χ2v) is 4.39. The molecule has 0 fully saturated rings. The van der Waals surface area contributed by atoms with Crippen molar-refractivity contribution in [2.75, 3.05) is 5.23 Å². The molecule has 8 nitrogen and oxygen atoms in total. The molecule has 0 saturated heterocycles. The normalized spacial score (nSPS) is 11.2. The first-order valence-corrected chi connectivity index (χ1v) is 5.44. The smallest absolute Gasteiger partial charge is 0.358 e. The molecule has 4 N–H and O–H groups in total. The SMILES string of the molecule is O=C([O-])c1ccc(N(O)O)c(P(=O)(O)O)c1. The van der Waals surface area contributed by atoms with Crippen molar-refractivity contribution in [3.63, 3.8) is 0 Å². The van der Waals surface area contributed by atoms with Crippen molar-refractivity contribution < 1.29 is 34.7 Å². The molecule has 1 aromatic carbocycles. The topological polar surface area (TPSA) is 141 Å². The van der Waals surface area contributed by atoms with E-state index in [1.165, 1.54) is 0 Å². The molecule has 0 aliphatic rings. The Morgan fingerprint density at radius 2 is 1.88 bits per heavy atom. The maximum atomic E-state index is 11.0. The average Bonchev–Trinajstić information content (AvgIpc) is 2.15. The van der Waals surface area contributed by atoms with Crippen LogP contribution in [0, 0.1) is 0 Å². The van der Waals surface area contributed by atoms with E-state index in [9.17, 15) is 14.5 Å². The van der Waals surface area contributed by atoms with Crippen LogP contribution < -0.4 is 15.6 Å². The van der Waals surface area contributed by atoms with E-state index in [0.29, 0.717) is 6.07 Å². The van der Waals surface area contributed by atoms with Gasteiger partial charge in [0.25, 0.3) is 0 Å². The fourth-order valence-corrected chi connectivity index (χ4v) is 1.82. The van der Waals surface area contributed by atoms with Gasteiger partial charge in [-0.25, -0.2) is 0 Å². The fraction of sp³-hybridized carbons (Fsp3) is 0. The van der Waals surface area contributed by atoms with Gasteiger partial charge < -0.3 is 19.7 Å². The Labute approximate surface area is 89.1 Å². The van der Waals surface area contributed by atoms with Gasteiger partial charge in [0.15, 0.2) is 0 Å². The summed E-state index contributed by atoms with van der Waals surface area (Å²) in [6.07, 6.45) is 0. The van der Waals surface area contributed by atoms with Crippen molar-refractivity contribution in [2.45, 2.75) is 0 Å². The average molecular weight is 248 g/mol. The third-order valence-corrected chi connectivity index (χ3v) is 2.73. The number of hydrogen-bond donors (Lipinski definition) is 4. The Kier molecular flexibility index (Phi) is 3.32. The van der Waals surface area contributed by atoms with E-state index in [4.69, 9.17) is 20.2 Å².